The predicted molar refractivity (Wildman–Crippen MR) is 101 cm³/mol. The van der Waals surface area contributed by atoms with Crippen LogP contribution in [0.3, 0.4) is 0 Å². The van der Waals surface area contributed by atoms with Crippen LogP contribution < -0.4 is 5.32 Å². The molecule has 3 rings (SSSR count). The smallest absolute Gasteiger partial charge is 0.244 e. The van der Waals surface area contributed by atoms with Crippen LogP contribution in [0.25, 0.3) is 11.3 Å². The van der Waals surface area contributed by atoms with Gasteiger partial charge < -0.3 is 10.2 Å². The van der Waals surface area contributed by atoms with Gasteiger partial charge in [-0.2, -0.15) is 5.10 Å². The number of H-pyrrole nitrogens is 1. The number of hydrogen-bond donors (Lipinski definition) is 2. The molecule has 0 bridgehead atoms. The quantitative estimate of drug-likeness (QED) is 0.863. The van der Waals surface area contributed by atoms with Gasteiger partial charge in [-0.05, 0) is 31.9 Å². The maximum absolute atomic E-state index is 12.4. The lowest BCUT2D eigenvalue weighted by Gasteiger charge is -2.33. The van der Waals surface area contributed by atoms with Gasteiger partial charge >= 0.3 is 0 Å². The first-order valence-corrected chi connectivity index (χ1v) is 9.19. The third kappa shape index (κ3) is 4.07. The molecule has 0 spiro atoms. The van der Waals surface area contributed by atoms with Crippen molar-refractivity contribution in [3.8, 4) is 11.3 Å². The summed E-state index contributed by atoms with van der Waals surface area (Å²) in [4.78, 5) is 25.3. The van der Waals surface area contributed by atoms with Gasteiger partial charge in [0.1, 0.15) is 6.04 Å². The van der Waals surface area contributed by atoms with Crippen LogP contribution in [-0.4, -0.2) is 46.0 Å². The first kappa shape index (κ1) is 18.5. The number of aromatic nitrogens is 2. The van der Waals surface area contributed by atoms with Crippen LogP contribution >= 0.6 is 11.6 Å². The summed E-state index contributed by atoms with van der Waals surface area (Å²) in [5, 5.41) is 10.9. The van der Waals surface area contributed by atoms with Gasteiger partial charge in [0, 0.05) is 37.2 Å². The van der Waals surface area contributed by atoms with Crippen LogP contribution in [0.1, 0.15) is 38.3 Å². The minimum Gasteiger partial charge on any atom is -0.345 e. The minimum absolute atomic E-state index is 0.0278. The fourth-order valence-corrected chi connectivity index (χ4v) is 3.64. The summed E-state index contributed by atoms with van der Waals surface area (Å²) >= 11 is 6.25. The molecule has 2 aromatic rings. The zero-order valence-corrected chi connectivity index (χ0v) is 15.7. The molecular formula is C19H23ClN4O2. The monoisotopic (exact) mass is 374 g/mol. The van der Waals surface area contributed by atoms with Crippen molar-refractivity contribution < 1.29 is 9.59 Å². The molecule has 1 aromatic heterocycles. The van der Waals surface area contributed by atoms with Crippen LogP contribution in [0.5, 0.6) is 0 Å². The Hall–Kier alpha value is -2.34. The Balaban J connectivity index is 1.61. The first-order valence-electron chi connectivity index (χ1n) is 8.82. The van der Waals surface area contributed by atoms with E-state index in [4.69, 9.17) is 11.6 Å². The molecule has 7 heteroatoms. The molecule has 2 heterocycles. The number of carbonyl (C=O) groups is 2. The fourth-order valence-electron chi connectivity index (χ4n) is 3.40. The lowest BCUT2D eigenvalue weighted by molar-refractivity contribution is -0.136. The maximum Gasteiger partial charge on any atom is 0.244 e. The van der Waals surface area contributed by atoms with Gasteiger partial charge in [-0.3, -0.25) is 14.7 Å². The maximum atomic E-state index is 12.4. The minimum atomic E-state index is -0.483. The molecule has 1 atom stereocenters. The van der Waals surface area contributed by atoms with E-state index in [1.54, 1.807) is 6.92 Å². The molecule has 1 aliphatic heterocycles. The van der Waals surface area contributed by atoms with Gasteiger partial charge in [0.25, 0.3) is 0 Å². The van der Waals surface area contributed by atoms with E-state index in [2.05, 4.69) is 15.5 Å². The molecule has 1 fully saturated rings. The number of piperidine rings is 1. The van der Waals surface area contributed by atoms with Crippen molar-refractivity contribution in [3.63, 3.8) is 0 Å². The number of halogens is 1. The Kier molecular flexibility index (Phi) is 5.61. The van der Waals surface area contributed by atoms with E-state index in [1.165, 1.54) is 6.92 Å². The molecule has 0 aliphatic carbocycles. The second kappa shape index (κ2) is 7.91. The standard InChI is InChI=1S/C19H23ClN4O2/c1-12(21-13(2)25)19(26)24-9-7-14(8-10-24)17-11-18(23-22-17)15-5-3-4-6-16(15)20/h3-6,11-12,14H,7-10H2,1-2H3,(H,21,25)(H,22,23)/t12-/m1/s1. The summed E-state index contributed by atoms with van der Waals surface area (Å²) in [5.74, 6) is 0.115. The molecule has 1 aliphatic rings. The van der Waals surface area contributed by atoms with Gasteiger partial charge in [0.15, 0.2) is 0 Å². The Morgan fingerprint density at radius 2 is 2.00 bits per heavy atom. The molecule has 0 saturated carbocycles. The highest BCUT2D eigenvalue weighted by atomic mass is 35.5. The molecule has 0 radical (unpaired) electrons. The average Bonchev–Trinajstić information content (AvgIpc) is 3.11. The Morgan fingerprint density at radius 1 is 1.31 bits per heavy atom. The zero-order chi connectivity index (χ0) is 18.7. The van der Waals surface area contributed by atoms with Gasteiger partial charge in [0.2, 0.25) is 11.8 Å². The van der Waals surface area contributed by atoms with Crippen molar-refractivity contribution in [1.29, 1.82) is 0 Å². The Morgan fingerprint density at radius 3 is 2.65 bits per heavy atom. The summed E-state index contributed by atoms with van der Waals surface area (Å²) in [6.07, 6.45) is 1.73. The van der Waals surface area contributed by atoms with E-state index in [9.17, 15) is 9.59 Å². The normalized spacial score (nSPS) is 16.3. The molecule has 1 aromatic carbocycles. The number of likely N-dealkylation sites (tertiary alicyclic amines) is 1. The van der Waals surface area contributed by atoms with E-state index in [0.29, 0.717) is 24.0 Å². The predicted octanol–water partition coefficient (Wildman–Crippen LogP) is 2.96. The summed E-state index contributed by atoms with van der Waals surface area (Å²) in [5.41, 5.74) is 2.82. The van der Waals surface area contributed by atoms with Crippen molar-refractivity contribution in [3.05, 3.63) is 41.0 Å². The van der Waals surface area contributed by atoms with Gasteiger partial charge in [-0.1, -0.05) is 29.8 Å². The van der Waals surface area contributed by atoms with E-state index in [0.717, 1.165) is 29.8 Å². The topological polar surface area (TPSA) is 78.1 Å². The van der Waals surface area contributed by atoms with Gasteiger partial charge in [0.05, 0.1) is 10.7 Å². The molecule has 1 saturated heterocycles. The number of hydrogen-bond acceptors (Lipinski definition) is 3. The SMILES string of the molecule is CC(=O)N[C@H](C)C(=O)N1CCC(c2cc(-c3ccccc3Cl)n[nH]2)CC1. The lowest BCUT2D eigenvalue weighted by atomic mass is 9.93. The Bertz CT molecular complexity index is 796. The number of nitrogens with one attached hydrogen (secondary N) is 2. The van der Waals surface area contributed by atoms with Crippen LogP contribution in [0.2, 0.25) is 5.02 Å². The van der Waals surface area contributed by atoms with E-state index in [-0.39, 0.29) is 11.8 Å². The van der Waals surface area contributed by atoms with Crippen molar-refractivity contribution in [2.75, 3.05) is 13.1 Å². The average molecular weight is 375 g/mol. The van der Waals surface area contributed by atoms with Crippen molar-refractivity contribution >= 4 is 23.4 Å². The van der Waals surface area contributed by atoms with Gasteiger partial charge in [-0.25, -0.2) is 0 Å². The lowest BCUT2D eigenvalue weighted by Crippen LogP contribution is -2.48. The number of amides is 2. The second-order valence-corrected chi connectivity index (χ2v) is 7.12. The molecule has 138 valence electrons. The molecule has 0 unspecified atom stereocenters. The molecule has 6 nitrogen and oxygen atoms in total. The zero-order valence-electron chi connectivity index (χ0n) is 15.0. The van der Waals surface area contributed by atoms with Crippen LogP contribution in [-0.2, 0) is 9.59 Å². The number of aromatic amines is 1. The number of benzene rings is 1. The van der Waals surface area contributed by atoms with Crippen molar-refractivity contribution in [1.82, 2.24) is 20.4 Å². The fraction of sp³-hybridized carbons (Fsp3) is 0.421. The van der Waals surface area contributed by atoms with Crippen LogP contribution in [0, 0.1) is 0 Å². The third-order valence-electron chi connectivity index (χ3n) is 4.78. The van der Waals surface area contributed by atoms with Gasteiger partial charge in [-0.15, -0.1) is 0 Å². The highest BCUT2D eigenvalue weighted by molar-refractivity contribution is 6.33. The number of carbonyl (C=O) groups excluding carboxylic acids is 2. The first-order chi connectivity index (χ1) is 12.5. The summed E-state index contributed by atoms with van der Waals surface area (Å²) in [7, 11) is 0. The number of rotatable bonds is 4. The molecule has 2 amide bonds. The van der Waals surface area contributed by atoms with Crippen LogP contribution in [0.4, 0.5) is 0 Å². The van der Waals surface area contributed by atoms with Crippen molar-refractivity contribution in [2.24, 2.45) is 0 Å². The molecular weight excluding hydrogens is 352 g/mol. The number of nitrogens with zero attached hydrogens (tertiary/aromatic N) is 2. The van der Waals surface area contributed by atoms with E-state index >= 15 is 0 Å². The Labute approximate surface area is 157 Å². The highest BCUT2D eigenvalue weighted by Crippen LogP contribution is 2.31. The van der Waals surface area contributed by atoms with E-state index < -0.39 is 6.04 Å². The van der Waals surface area contributed by atoms with Crippen molar-refractivity contribution in [2.45, 2.75) is 38.6 Å². The largest absolute Gasteiger partial charge is 0.345 e. The molecule has 26 heavy (non-hydrogen) atoms. The second-order valence-electron chi connectivity index (χ2n) is 6.71. The van der Waals surface area contributed by atoms with Crippen LogP contribution in [0.15, 0.2) is 30.3 Å². The summed E-state index contributed by atoms with van der Waals surface area (Å²) in [6.45, 7) is 4.49. The van der Waals surface area contributed by atoms with E-state index in [1.807, 2.05) is 35.2 Å². The summed E-state index contributed by atoms with van der Waals surface area (Å²) < 4.78 is 0. The third-order valence-corrected chi connectivity index (χ3v) is 5.11. The summed E-state index contributed by atoms with van der Waals surface area (Å²) in [6, 6.07) is 9.20. The molecule has 2 N–H and O–H groups in total. The highest BCUT2D eigenvalue weighted by Gasteiger charge is 2.28.